The molecule has 168 valence electrons. The summed E-state index contributed by atoms with van der Waals surface area (Å²) < 4.78 is 12.7. The van der Waals surface area contributed by atoms with Crippen molar-refractivity contribution < 1.29 is 9.47 Å². The largest absolute Gasteiger partial charge is 0.457 e. The first-order chi connectivity index (χ1) is 15.8. The molecule has 33 heavy (non-hydrogen) atoms. The van der Waals surface area contributed by atoms with Gasteiger partial charge in [0.25, 0.3) is 0 Å². The molecule has 0 saturated heterocycles. The van der Waals surface area contributed by atoms with Crippen LogP contribution < -0.4 is 20.9 Å². The Bertz CT molecular complexity index is 1200. The maximum Gasteiger partial charge on any atom is 0.131 e. The third-order valence-corrected chi connectivity index (χ3v) is 6.06. The Hall–Kier alpha value is -3.92. The number of ether oxygens (including phenoxy) is 2. The molecule has 4 aromatic rings. The maximum atomic E-state index is 6.33. The van der Waals surface area contributed by atoms with Crippen molar-refractivity contribution in [1.82, 2.24) is 0 Å². The van der Waals surface area contributed by atoms with E-state index in [1.54, 1.807) is 0 Å². The normalized spacial score (nSPS) is 11.3. The lowest BCUT2D eigenvalue weighted by atomic mass is 9.77. The Balaban J connectivity index is 1.72. The van der Waals surface area contributed by atoms with E-state index in [1.807, 2.05) is 86.6 Å². The lowest BCUT2D eigenvalue weighted by Gasteiger charge is -2.30. The molecular formula is C29H30N2O2. The highest BCUT2D eigenvalue weighted by Crippen LogP contribution is 2.43. The number of rotatable bonds is 6. The molecular weight excluding hydrogens is 408 g/mol. The molecule has 4 heteroatoms. The summed E-state index contributed by atoms with van der Waals surface area (Å²) in [6, 6.07) is 27.7. The molecule has 0 amide bonds. The second-order valence-electron chi connectivity index (χ2n) is 8.86. The van der Waals surface area contributed by atoms with Crippen molar-refractivity contribution >= 4 is 11.4 Å². The minimum atomic E-state index is -0.390. The zero-order valence-electron chi connectivity index (χ0n) is 19.6. The maximum absolute atomic E-state index is 6.33. The van der Waals surface area contributed by atoms with E-state index in [-0.39, 0.29) is 5.41 Å². The van der Waals surface area contributed by atoms with Crippen LogP contribution in [0.15, 0.2) is 84.9 Å². The summed E-state index contributed by atoms with van der Waals surface area (Å²) in [5.74, 6) is 3.10. The SMILES string of the molecule is Cc1cc(Oc2ccccc2C(C)(C)c2ccccc2Oc2ccc(N)c(C)c2)ccc1N. The van der Waals surface area contributed by atoms with Gasteiger partial charge in [-0.3, -0.25) is 0 Å². The topological polar surface area (TPSA) is 70.5 Å². The van der Waals surface area contributed by atoms with Gasteiger partial charge in [-0.2, -0.15) is 0 Å². The molecule has 0 aromatic heterocycles. The van der Waals surface area contributed by atoms with Crippen LogP contribution in [0.25, 0.3) is 0 Å². The molecule has 4 rings (SSSR count). The highest BCUT2D eigenvalue weighted by molar-refractivity contribution is 5.55. The van der Waals surface area contributed by atoms with Gasteiger partial charge in [0.05, 0.1) is 0 Å². The molecule has 0 aliphatic heterocycles. The van der Waals surface area contributed by atoms with Crippen LogP contribution in [0.5, 0.6) is 23.0 Å². The Labute approximate surface area is 195 Å². The van der Waals surface area contributed by atoms with Crippen molar-refractivity contribution in [1.29, 1.82) is 0 Å². The molecule has 0 unspecified atom stereocenters. The Morgan fingerprint density at radius 3 is 1.36 bits per heavy atom. The molecule has 0 bridgehead atoms. The standard InChI is InChI=1S/C29H30N2O2/c1-19-17-21(13-15-25(19)30)32-27-11-7-5-9-23(27)29(3,4)24-10-6-8-12-28(24)33-22-14-16-26(31)20(2)18-22/h5-18H,30-31H2,1-4H3. The van der Waals surface area contributed by atoms with Crippen LogP contribution in [0.3, 0.4) is 0 Å². The van der Waals surface area contributed by atoms with Gasteiger partial charge in [-0.05, 0) is 73.5 Å². The Kier molecular flexibility index (Phi) is 6.01. The summed E-state index contributed by atoms with van der Waals surface area (Å²) in [5, 5.41) is 0. The molecule has 0 aliphatic carbocycles. The zero-order chi connectivity index (χ0) is 23.6. The van der Waals surface area contributed by atoms with Crippen LogP contribution in [0, 0.1) is 13.8 Å². The molecule has 0 saturated carbocycles. The van der Waals surface area contributed by atoms with Gasteiger partial charge in [0.1, 0.15) is 23.0 Å². The van der Waals surface area contributed by atoms with Crippen molar-refractivity contribution in [2.24, 2.45) is 0 Å². The second-order valence-corrected chi connectivity index (χ2v) is 8.86. The summed E-state index contributed by atoms with van der Waals surface area (Å²) in [4.78, 5) is 0. The molecule has 0 radical (unpaired) electrons. The van der Waals surface area contributed by atoms with E-state index in [0.29, 0.717) is 0 Å². The van der Waals surface area contributed by atoms with E-state index < -0.39 is 0 Å². The van der Waals surface area contributed by atoms with E-state index in [1.165, 1.54) is 0 Å². The van der Waals surface area contributed by atoms with Crippen LogP contribution >= 0.6 is 0 Å². The van der Waals surface area contributed by atoms with Crippen LogP contribution in [0.1, 0.15) is 36.1 Å². The van der Waals surface area contributed by atoms with E-state index in [9.17, 15) is 0 Å². The molecule has 0 heterocycles. The van der Waals surface area contributed by atoms with Gasteiger partial charge in [-0.25, -0.2) is 0 Å². The number of para-hydroxylation sites is 2. The monoisotopic (exact) mass is 438 g/mol. The summed E-state index contributed by atoms with van der Waals surface area (Å²) >= 11 is 0. The van der Waals surface area contributed by atoms with E-state index in [2.05, 4.69) is 26.0 Å². The van der Waals surface area contributed by atoms with E-state index in [4.69, 9.17) is 20.9 Å². The fraction of sp³-hybridized carbons (Fsp3) is 0.172. The number of benzene rings is 4. The van der Waals surface area contributed by atoms with Gasteiger partial charge in [0, 0.05) is 27.9 Å². The van der Waals surface area contributed by atoms with Gasteiger partial charge in [0.15, 0.2) is 0 Å². The second kappa shape index (κ2) is 8.91. The summed E-state index contributed by atoms with van der Waals surface area (Å²) in [6.07, 6.45) is 0. The Morgan fingerprint density at radius 1 is 0.576 bits per heavy atom. The molecule has 4 nitrogen and oxygen atoms in total. The van der Waals surface area contributed by atoms with Crippen molar-refractivity contribution in [3.05, 3.63) is 107 Å². The number of anilines is 2. The minimum absolute atomic E-state index is 0.390. The number of nitrogens with two attached hydrogens (primary N) is 2. The molecule has 0 aliphatic rings. The lowest BCUT2D eigenvalue weighted by molar-refractivity contribution is 0.445. The summed E-state index contributed by atoms with van der Waals surface area (Å²) in [5.41, 5.74) is 17.2. The van der Waals surface area contributed by atoms with E-state index >= 15 is 0 Å². The predicted octanol–water partition coefficient (Wildman–Crippen LogP) is 7.38. The predicted molar refractivity (Wildman–Crippen MR) is 136 cm³/mol. The number of nitrogen functional groups attached to an aromatic ring is 2. The van der Waals surface area contributed by atoms with Crippen LogP contribution in [-0.4, -0.2) is 0 Å². The first-order valence-electron chi connectivity index (χ1n) is 11.0. The number of hydrogen-bond acceptors (Lipinski definition) is 4. The van der Waals surface area contributed by atoms with Crippen LogP contribution in [0.2, 0.25) is 0 Å². The lowest BCUT2D eigenvalue weighted by Crippen LogP contribution is -2.20. The fourth-order valence-electron chi connectivity index (χ4n) is 3.97. The van der Waals surface area contributed by atoms with Gasteiger partial charge in [-0.15, -0.1) is 0 Å². The molecule has 0 atom stereocenters. The van der Waals surface area contributed by atoms with Gasteiger partial charge < -0.3 is 20.9 Å². The van der Waals surface area contributed by atoms with Crippen molar-refractivity contribution in [3.63, 3.8) is 0 Å². The highest BCUT2D eigenvalue weighted by atomic mass is 16.5. The quantitative estimate of drug-likeness (QED) is 0.308. The van der Waals surface area contributed by atoms with Crippen molar-refractivity contribution in [2.45, 2.75) is 33.1 Å². The molecule has 4 aromatic carbocycles. The number of hydrogen-bond donors (Lipinski definition) is 2. The van der Waals surface area contributed by atoms with Crippen molar-refractivity contribution in [3.8, 4) is 23.0 Å². The van der Waals surface area contributed by atoms with Gasteiger partial charge in [0.2, 0.25) is 0 Å². The summed E-state index contributed by atoms with van der Waals surface area (Å²) in [6.45, 7) is 8.31. The van der Waals surface area contributed by atoms with Crippen LogP contribution in [0.4, 0.5) is 11.4 Å². The number of aryl methyl sites for hydroxylation is 2. The van der Waals surface area contributed by atoms with Gasteiger partial charge >= 0.3 is 0 Å². The smallest absolute Gasteiger partial charge is 0.131 e. The molecule has 0 fully saturated rings. The van der Waals surface area contributed by atoms with Crippen molar-refractivity contribution in [2.75, 3.05) is 11.5 Å². The zero-order valence-corrected chi connectivity index (χ0v) is 19.6. The average Bonchev–Trinajstić information content (AvgIpc) is 2.79. The molecule has 4 N–H and O–H groups in total. The van der Waals surface area contributed by atoms with Crippen LogP contribution in [-0.2, 0) is 5.41 Å². The summed E-state index contributed by atoms with van der Waals surface area (Å²) in [7, 11) is 0. The fourth-order valence-corrected chi connectivity index (χ4v) is 3.97. The Morgan fingerprint density at radius 2 is 0.970 bits per heavy atom. The van der Waals surface area contributed by atoms with Gasteiger partial charge in [-0.1, -0.05) is 50.2 Å². The third kappa shape index (κ3) is 4.65. The average molecular weight is 439 g/mol. The first-order valence-corrected chi connectivity index (χ1v) is 11.0. The highest BCUT2D eigenvalue weighted by Gasteiger charge is 2.30. The minimum Gasteiger partial charge on any atom is -0.457 e. The van der Waals surface area contributed by atoms with E-state index in [0.717, 1.165) is 56.6 Å². The molecule has 0 spiro atoms. The first kappa shape index (κ1) is 22.3. The third-order valence-electron chi connectivity index (χ3n) is 6.06.